The van der Waals surface area contributed by atoms with Crippen molar-refractivity contribution in [2.45, 2.75) is 36.6 Å². The van der Waals surface area contributed by atoms with Gasteiger partial charge in [0.1, 0.15) is 16.5 Å². The summed E-state index contributed by atoms with van der Waals surface area (Å²) in [7, 11) is -2.37. The number of hydrogen-bond donors (Lipinski definition) is 1. The van der Waals surface area contributed by atoms with Gasteiger partial charge in [-0.05, 0) is 49.3 Å². The molecular weight excluding hydrogens is 281 g/mol. The van der Waals surface area contributed by atoms with Crippen LogP contribution in [0.1, 0.15) is 25.7 Å². The third kappa shape index (κ3) is 2.42. The highest BCUT2D eigenvalue weighted by molar-refractivity contribution is 7.89. The van der Waals surface area contributed by atoms with E-state index in [1.54, 1.807) is 0 Å². The molecule has 4 nitrogen and oxygen atoms in total. The summed E-state index contributed by atoms with van der Waals surface area (Å²) < 4.78 is 46.0. The number of sulfonamides is 1. The topological polar surface area (TPSA) is 55.4 Å². The second-order valence-electron chi connectivity index (χ2n) is 5.70. The van der Waals surface area contributed by atoms with Crippen molar-refractivity contribution < 1.29 is 17.5 Å². The third-order valence-electron chi connectivity index (χ3n) is 4.46. The van der Waals surface area contributed by atoms with E-state index in [-0.39, 0.29) is 16.7 Å². The van der Waals surface area contributed by atoms with E-state index in [0.29, 0.717) is 11.8 Å². The Hall–Kier alpha value is -1.14. The molecule has 0 unspecified atom stereocenters. The standard InChI is InChI=1S/C14H18FNO3S/c1-19-13-5-4-11(15)8-14(13)20(17,18)16-12-7-9-2-3-10(12)6-9/h4-5,8-10,12,16H,2-3,6-7H2,1H3/t9-,10+,12+/m0/s1. The van der Waals surface area contributed by atoms with E-state index < -0.39 is 15.8 Å². The van der Waals surface area contributed by atoms with Gasteiger partial charge in [0.25, 0.3) is 0 Å². The number of fused-ring (bicyclic) bond motifs is 2. The van der Waals surface area contributed by atoms with Crippen LogP contribution in [0.4, 0.5) is 4.39 Å². The molecule has 0 aromatic heterocycles. The Morgan fingerprint density at radius 3 is 2.70 bits per heavy atom. The summed E-state index contributed by atoms with van der Waals surface area (Å²) in [6.45, 7) is 0. The molecule has 0 spiro atoms. The van der Waals surface area contributed by atoms with Crippen molar-refractivity contribution in [3.05, 3.63) is 24.0 Å². The molecule has 110 valence electrons. The summed E-state index contributed by atoms with van der Waals surface area (Å²) in [5.74, 6) is 0.651. The number of halogens is 1. The molecule has 2 aliphatic carbocycles. The summed E-state index contributed by atoms with van der Waals surface area (Å²) >= 11 is 0. The van der Waals surface area contributed by atoms with Gasteiger partial charge in [-0.15, -0.1) is 0 Å². The zero-order valence-corrected chi connectivity index (χ0v) is 12.1. The monoisotopic (exact) mass is 299 g/mol. The second-order valence-corrected chi connectivity index (χ2v) is 7.38. The molecule has 6 heteroatoms. The number of hydrogen-bond acceptors (Lipinski definition) is 3. The number of benzene rings is 1. The van der Waals surface area contributed by atoms with Crippen molar-refractivity contribution in [1.82, 2.24) is 4.72 Å². The minimum atomic E-state index is -3.75. The Labute approximate surface area is 118 Å². The first-order valence-electron chi connectivity index (χ1n) is 6.85. The molecule has 3 atom stereocenters. The van der Waals surface area contributed by atoms with Gasteiger partial charge in [0.2, 0.25) is 10.0 Å². The van der Waals surface area contributed by atoms with Gasteiger partial charge in [0.05, 0.1) is 7.11 Å². The molecule has 0 amide bonds. The average molecular weight is 299 g/mol. The van der Waals surface area contributed by atoms with Crippen molar-refractivity contribution in [3.63, 3.8) is 0 Å². The molecule has 0 heterocycles. The first kappa shape index (κ1) is 13.8. The predicted molar refractivity (Wildman–Crippen MR) is 72.5 cm³/mol. The summed E-state index contributed by atoms with van der Waals surface area (Å²) in [4.78, 5) is -0.122. The van der Waals surface area contributed by atoms with Crippen LogP contribution < -0.4 is 9.46 Å². The van der Waals surface area contributed by atoms with Crippen LogP contribution in [-0.4, -0.2) is 21.6 Å². The summed E-state index contributed by atoms with van der Waals surface area (Å²) in [5, 5.41) is 0. The third-order valence-corrected chi connectivity index (χ3v) is 5.97. The van der Waals surface area contributed by atoms with Gasteiger partial charge in [-0.1, -0.05) is 6.42 Å². The number of ether oxygens (including phenoxy) is 1. The van der Waals surface area contributed by atoms with Crippen LogP contribution in [0.25, 0.3) is 0 Å². The van der Waals surface area contributed by atoms with Crippen molar-refractivity contribution >= 4 is 10.0 Å². The molecular formula is C14H18FNO3S. The SMILES string of the molecule is COc1ccc(F)cc1S(=O)(=O)N[C@@H]1C[C@H]2CC[C@@H]1C2. The summed E-state index contributed by atoms with van der Waals surface area (Å²) in [6, 6.07) is 3.51. The van der Waals surface area contributed by atoms with E-state index in [2.05, 4.69) is 4.72 Å². The van der Waals surface area contributed by atoms with E-state index in [1.165, 1.54) is 25.7 Å². The molecule has 1 aromatic carbocycles. The lowest BCUT2D eigenvalue weighted by molar-refractivity contribution is 0.384. The van der Waals surface area contributed by atoms with E-state index >= 15 is 0 Å². The smallest absolute Gasteiger partial charge is 0.244 e. The maximum Gasteiger partial charge on any atom is 0.244 e. The molecule has 2 fully saturated rings. The van der Waals surface area contributed by atoms with Gasteiger partial charge < -0.3 is 4.74 Å². The highest BCUT2D eigenvalue weighted by Crippen LogP contribution is 2.45. The van der Waals surface area contributed by atoms with E-state index in [0.717, 1.165) is 25.3 Å². The van der Waals surface area contributed by atoms with Gasteiger partial charge in [-0.2, -0.15) is 0 Å². The second kappa shape index (κ2) is 5.00. The average Bonchev–Trinajstić information content (AvgIpc) is 3.00. The molecule has 0 aliphatic heterocycles. The van der Waals surface area contributed by atoms with Gasteiger partial charge in [-0.3, -0.25) is 0 Å². The normalized spacial score (nSPS) is 28.8. The fraction of sp³-hybridized carbons (Fsp3) is 0.571. The quantitative estimate of drug-likeness (QED) is 0.928. The van der Waals surface area contributed by atoms with Crippen LogP contribution in [0.5, 0.6) is 5.75 Å². The van der Waals surface area contributed by atoms with Crippen molar-refractivity contribution in [2.75, 3.05) is 7.11 Å². The number of nitrogens with one attached hydrogen (secondary N) is 1. The Morgan fingerprint density at radius 1 is 1.30 bits per heavy atom. The largest absolute Gasteiger partial charge is 0.495 e. The Bertz CT molecular complexity index is 617. The van der Waals surface area contributed by atoms with Crippen LogP contribution in [0, 0.1) is 17.7 Å². The molecule has 0 radical (unpaired) electrons. The highest BCUT2D eigenvalue weighted by atomic mass is 32.2. The fourth-order valence-corrected chi connectivity index (χ4v) is 5.01. The number of methoxy groups -OCH3 is 1. The van der Waals surface area contributed by atoms with Crippen LogP contribution in [0.3, 0.4) is 0 Å². The maximum atomic E-state index is 13.3. The van der Waals surface area contributed by atoms with Crippen LogP contribution in [-0.2, 0) is 10.0 Å². The molecule has 1 N–H and O–H groups in total. The maximum absolute atomic E-state index is 13.3. The van der Waals surface area contributed by atoms with E-state index in [1.807, 2.05) is 0 Å². The highest BCUT2D eigenvalue weighted by Gasteiger charge is 2.41. The summed E-state index contributed by atoms with van der Waals surface area (Å²) in [6.07, 6.45) is 4.28. The van der Waals surface area contributed by atoms with Crippen LogP contribution in [0.2, 0.25) is 0 Å². The minimum absolute atomic E-state index is 0.0216. The zero-order chi connectivity index (χ0) is 14.3. The van der Waals surface area contributed by atoms with Crippen LogP contribution >= 0.6 is 0 Å². The number of rotatable bonds is 4. The molecule has 0 saturated heterocycles. The Morgan fingerprint density at radius 2 is 2.10 bits per heavy atom. The lowest BCUT2D eigenvalue weighted by Crippen LogP contribution is -2.38. The lowest BCUT2D eigenvalue weighted by atomic mass is 9.96. The molecule has 2 bridgehead atoms. The van der Waals surface area contributed by atoms with Gasteiger partial charge in [0.15, 0.2) is 0 Å². The molecule has 20 heavy (non-hydrogen) atoms. The minimum Gasteiger partial charge on any atom is -0.495 e. The Kier molecular flexibility index (Phi) is 3.46. The van der Waals surface area contributed by atoms with Crippen molar-refractivity contribution in [2.24, 2.45) is 11.8 Å². The van der Waals surface area contributed by atoms with Crippen molar-refractivity contribution in [1.29, 1.82) is 0 Å². The first-order chi connectivity index (χ1) is 9.49. The zero-order valence-electron chi connectivity index (χ0n) is 11.3. The first-order valence-corrected chi connectivity index (χ1v) is 8.34. The van der Waals surface area contributed by atoms with Crippen molar-refractivity contribution in [3.8, 4) is 5.75 Å². The van der Waals surface area contributed by atoms with Crippen LogP contribution in [0.15, 0.2) is 23.1 Å². The summed E-state index contributed by atoms with van der Waals surface area (Å²) in [5.41, 5.74) is 0. The molecule has 2 aliphatic rings. The van der Waals surface area contributed by atoms with E-state index in [4.69, 9.17) is 4.74 Å². The predicted octanol–water partition coefficient (Wildman–Crippen LogP) is 2.30. The lowest BCUT2D eigenvalue weighted by Gasteiger charge is -2.23. The van der Waals surface area contributed by atoms with E-state index in [9.17, 15) is 12.8 Å². The molecule has 3 rings (SSSR count). The van der Waals surface area contributed by atoms with Gasteiger partial charge in [-0.25, -0.2) is 17.5 Å². The Balaban J connectivity index is 1.86. The molecule has 1 aromatic rings. The van der Waals surface area contributed by atoms with Gasteiger partial charge >= 0.3 is 0 Å². The van der Waals surface area contributed by atoms with Gasteiger partial charge in [0, 0.05) is 6.04 Å². The molecule has 2 saturated carbocycles. The fourth-order valence-electron chi connectivity index (χ4n) is 3.51.